The summed E-state index contributed by atoms with van der Waals surface area (Å²) in [6, 6.07) is 2.42. The number of imidazole rings is 1. The van der Waals surface area contributed by atoms with Gasteiger partial charge < -0.3 is 20.2 Å². The van der Waals surface area contributed by atoms with Gasteiger partial charge in [0.2, 0.25) is 10.0 Å². The fraction of sp³-hybridized carbons (Fsp3) is 0.273. The number of aliphatic carboxylic acids is 1. The Balaban J connectivity index is 2.36. The molecule has 114 valence electrons. The van der Waals surface area contributed by atoms with E-state index in [4.69, 9.17) is 10.2 Å². The third kappa shape index (κ3) is 3.29. The molecule has 1 aromatic heterocycles. The SMILES string of the molecule is O=C(O)[C@@H](CCO)NS(=O)(=O)c1ccc2[nH]c(=O)[nH]c2c1. The molecule has 0 spiro atoms. The Hall–Kier alpha value is -2.17. The number of rotatable bonds is 6. The van der Waals surface area contributed by atoms with Crippen LogP contribution in [-0.2, 0) is 14.8 Å². The molecule has 0 fully saturated rings. The van der Waals surface area contributed by atoms with Gasteiger partial charge in [-0.2, -0.15) is 4.72 Å². The summed E-state index contributed by atoms with van der Waals surface area (Å²) in [6.07, 6.45) is -0.252. The monoisotopic (exact) mass is 315 g/mol. The number of aromatic amines is 2. The van der Waals surface area contributed by atoms with Crippen molar-refractivity contribution in [2.24, 2.45) is 0 Å². The zero-order valence-electron chi connectivity index (χ0n) is 10.7. The third-order valence-electron chi connectivity index (χ3n) is 2.81. The largest absolute Gasteiger partial charge is 0.480 e. The second-order valence-corrected chi connectivity index (χ2v) is 6.02. The van der Waals surface area contributed by atoms with Crippen molar-refractivity contribution in [1.29, 1.82) is 0 Å². The molecule has 0 saturated carbocycles. The van der Waals surface area contributed by atoms with Gasteiger partial charge in [0.1, 0.15) is 6.04 Å². The summed E-state index contributed by atoms with van der Waals surface area (Å²) in [6.45, 7) is -0.469. The number of hydrogen-bond donors (Lipinski definition) is 5. The van der Waals surface area contributed by atoms with E-state index in [1.165, 1.54) is 18.2 Å². The van der Waals surface area contributed by atoms with Gasteiger partial charge in [0.05, 0.1) is 15.9 Å². The van der Waals surface area contributed by atoms with Crippen LogP contribution in [0.25, 0.3) is 11.0 Å². The van der Waals surface area contributed by atoms with E-state index >= 15 is 0 Å². The number of benzene rings is 1. The average Bonchev–Trinajstić information content (AvgIpc) is 2.76. The summed E-state index contributed by atoms with van der Waals surface area (Å²) < 4.78 is 26.2. The van der Waals surface area contributed by atoms with Crippen LogP contribution in [0.5, 0.6) is 0 Å². The topological polar surface area (TPSA) is 152 Å². The summed E-state index contributed by atoms with van der Waals surface area (Å²) in [5, 5.41) is 17.7. The molecule has 9 nitrogen and oxygen atoms in total. The Kier molecular flexibility index (Phi) is 4.11. The van der Waals surface area contributed by atoms with Crippen LogP contribution < -0.4 is 10.4 Å². The fourth-order valence-corrected chi connectivity index (χ4v) is 3.05. The zero-order valence-corrected chi connectivity index (χ0v) is 11.5. The fourth-order valence-electron chi connectivity index (χ4n) is 1.80. The molecule has 21 heavy (non-hydrogen) atoms. The van der Waals surface area contributed by atoms with Crippen molar-refractivity contribution in [2.75, 3.05) is 6.61 Å². The van der Waals surface area contributed by atoms with E-state index in [-0.39, 0.29) is 16.8 Å². The number of carboxylic acid groups (broad SMARTS) is 1. The second kappa shape index (κ2) is 5.68. The summed E-state index contributed by atoms with van der Waals surface area (Å²) in [7, 11) is -4.09. The van der Waals surface area contributed by atoms with Crippen molar-refractivity contribution in [1.82, 2.24) is 14.7 Å². The van der Waals surface area contributed by atoms with Crippen LogP contribution in [0.3, 0.4) is 0 Å². The molecule has 0 aliphatic heterocycles. The van der Waals surface area contributed by atoms with E-state index in [9.17, 15) is 18.0 Å². The lowest BCUT2D eigenvalue weighted by Crippen LogP contribution is -2.41. The molecule has 0 aliphatic rings. The van der Waals surface area contributed by atoms with Crippen LogP contribution in [0.1, 0.15) is 6.42 Å². The Bertz CT molecular complexity index is 822. The smallest absolute Gasteiger partial charge is 0.323 e. The van der Waals surface area contributed by atoms with Crippen molar-refractivity contribution < 1.29 is 23.4 Å². The lowest BCUT2D eigenvalue weighted by atomic mass is 10.2. The second-order valence-electron chi connectivity index (χ2n) is 4.31. The van der Waals surface area contributed by atoms with E-state index in [2.05, 4.69) is 9.97 Å². The number of carboxylic acids is 1. The number of fused-ring (bicyclic) bond motifs is 1. The maximum absolute atomic E-state index is 12.1. The van der Waals surface area contributed by atoms with Crippen LogP contribution in [-0.4, -0.2) is 47.2 Å². The van der Waals surface area contributed by atoms with Gasteiger partial charge in [0.25, 0.3) is 0 Å². The first-order valence-electron chi connectivity index (χ1n) is 5.91. The lowest BCUT2D eigenvalue weighted by molar-refractivity contribution is -0.139. The number of aromatic nitrogens is 2. The van der Waals surface area contributed by atoms with E-state index in [1.807, 2.05) is 4.72 Å². The number of hydrogen-bond acceptors (Lipinski definition) is 5. The van der Waals surface area contributed by atoms with Crippen LogP contribution in [0.4, 0.5) is 0 Å². The van der Waals surface area contributed by atoms with Gasteiger partial charge >= 0.3 is 11.7 Å². The molecule has 0 radical (unpaired) electrons. The molecular weight excluding hydrogens is 302 g/mol. The minimum Gasteiger partial charge on any atom is -0.480 e. The highest BCUT2D eigenvalue weighted by atomic mass is 32.2. The van der Waals surface area contributed by atoms with Gasteiger partial charge in [-0.15, -0.1) is 0 Å². The van der Waals surface area contributed by atoms with E-state index < -0.39 is 34.3 Å². The Morgan fingerprint density at radius 2 is 1.95 bits per heavy atom. The predicted molar refractivity (Wildman–Crippen MR) is 72.4 cm³/mol. The average molecular weight is 315 g/mol. The maximum Gasteiger partial charge on any atom is 0.323 e. The van der Waals surface area contributed by atoms with Gasteiger partial charge in [0, 0.05) is 6.61 Å². The molecule has 10 heteroatoms. The van der Waals surface area contributed by atoms with Crippen LogP contribution in [0.15, 0.2) is 27.9 Å². The van der Waals surface area contributed by atoms with Gasteiger partial charge in [-0.05, 0) is 24.6 Å². The molecule has 1 aromatic carbocycles. The number of nitrogens with one attached hydrogen (secondary N) is 3. The molecule has 0 saturated heterocycles. The summed E-state index contributed by atoms with van der Waals surface area (Å²) in [5.74, 6) is -1.39. The standard InChI is InChI=1S/C11H13N3O6S/c15-4-3-8(10(16)17)14-21(19,20)6-1-2-7-9(5-6)13-11(18)12-7/h1-2,5,8,14-15H,3-4H2,(H,16,17)(H2,12,13,18)/t8-/m1/s1. The molecule has 5 N–H and O–H groups in total. The quantitative estimate of drug-likeness (QED) is 0.459. The number of H-pyrrole nitrogens is 2. The first-order chi connectivity index (χ1) is 9.83. The molecule has 2 rings (SSSR count). The summed E-state index contributed by atoms with van der Waals surface area (Å²) in [4.78, 5) is 26.7. The minimum atomic E-state index is -4.09. The molecule has 0 amide bonds. The molecule has 2 aromatic rings. The van der Waals surface area contributed by atoms with Crippen LogP contribution in [0.2, 0.25) is 0 Å². The highest BCUT2D eigenvalue weighted by Gasteiger charge is 2.25. The third-order valence-corrected chi connectivity index (χ3v) is 4.28. The van der Waals surface area contributed by atoms with Crippen molar-refractivity contribution in [2.45, 2.75) is 17.4 Å². The van der Waals surface area contributed by atoms with E-state index in [0.717, 1.165) is 0 Å². The van der Waals surface area contributed by atoms with Gasteiger partial charge in [-0.25, -0.2) is 13.2 Å². The van der Waals surface area contributed by atoms with Crippen molar-refractivity contribution in [3.63, 3.8) is 0 Å². The first-order valence-corrected chi connectivity index (χ1v) is 7.40. The van der Waals surface area contributed by atoms with Crippen LogP contribution in [0, 0.1) is 0 Å². The summed E-state index contributed by atoms with van der Waals surface area (Å²) >= 11 is 0. The van der Waals surface area contributed by atoms with Gasteiger partial charge in [-0.3, -0.25) is 4.79 Å². The highest BCUT2D eigenvalue weighted by molar-refractivity contribution is 7.89. The number of aliphatic hydroxyl groups is 1. The van der Waals surface area contributed by atoms with E-state index in [0.29, 0.717) is 5.52 Å². The number of sulfonamides is 1. The van der Waals surface area contributed by atoms with Crippen molar-refractivity contribution >= 4 is 27.0 Å². The lowest BCUT2D eigenvalue weighted by Gasteiger charge is -2.13. The molecule has 1 heterocycles. The van der Waals surface area contributed by atoms with Crippen molar-refractivity contribution in [3.05, 3.63) is 28.7 Å². The molecule has 0 aliphatic carbocycles. The maximum atomic E-state index is 12.1. The molecule has 0 unspecified atom stereocenters. The Labute approximate surface area is 118 Å². The van der Waals surface area contributed by atoms with Crippen LogP contribution >= 0.6 is 0 Å². The minimum absolute atomic E-state index is 0.186. The highest BCUT2D eigenvalue weighted by Crippen LogP contribution is 2.15. The number of carbonyl (C=O) groups is 1. The predicted octanol–water partition coefficient (Wildman–Crippen LogP) is -1.03. The van der Waals surface area contributed by atoms with Gasteiger partial charge in [-0.1, -0.05) is 0 Å². The number of aliphatic hydroxyl groups excluding tert-OH is 1. The van der Waals surface area contributed by atoms with Crippen molar-refractivity contribution in [3.8, 4) is 0 Å². The molecular formula is C11H13N3O6S. The van der Waals surface area contributed by atoms with E-state index in [1.54, 1.807) is 0 Å². The normalized spacial score (nSPS) is 13.4. The first kappa shape index (κ1) is 15.2. The van der Waals surface area contributed by atoms with Gasteiger partial charge in [0.15, 0.2) is 0 Å². The molecule has 0 bridgehead atoms. The zero-order chi connectivity index (χ0) is 15.6. The molecule has 1 atom stereocenters. The summed E-state index contributed by atoms with van der Waals surface area (Å²) in [5.41, 5.74) is 0.247. The Morgan fingerprint density at radius 3 is 2.57 bits per heavy atom. The Morgan fingerprint density at radius 1 is 1.29 bits per heavy atom.